The first-order chi connectivity index (χ1) is 17.4. The molecule has 1 fully saturated rings. The maximum absolute atomic E-state index is 13.2. The molecule has 36 heavy (non-hydrogen) atoms. The third kappa shape index (κ3) is 4.58. The molecule has 2 heterocycles. The van der Waals surface area contributed by atoms with Gasteiger partial charge in [0.25, 0.3) is 10.0 Å². The van der Waals surface area contributed by atoms with Gasteiger partial charge in [-0.05, 0) is 72.0 Å². The van der Waals surface area contributed by atoms with Crippen LogP contribution in [0.15, 0.2) is 77.7 Å². The molecule has 2 N–H and O–H groups in total. The summed E-state index contributed by atoms with van der Waals surface area (Å²) in [5.41, 5.74) is 3.42. The summed E-state index contributed by atoms with van der Waals surface area (Å²) in [4.78, 5) is 0.197. The number of halogens is 2. The Bertz CT molecular complexity index is 1440. The topological polar surface area (TPSA) is 67.4 Å². The summed E-state index contributed by atoms with van der Waals surface area (Å²) in [7, 11) is -3.83. The molecule has 186 valence electrons. The van der Waals surface area contributed by atoms with Crippen LogP contribution in [0.2, 0.25) is 10.0 Å². The number of rotatable bonds is 6. The lowest BCUT2D eigenvalue weighted by atomic mass is 9.77. The van der Waals surface area contributed by atoms with Crippen molar-refractivity contribution in [1.82, 2.24) is 0 Å². The first kappa shape index (κ1) is 24.0. The fourth-order valence-electron chi connectivity index (χ4n) is 5.07. The molecule has 0 aromatic heterocycles. The Hall–Kier alpha value is -2.32. The van der Waals surface area contributed by atoms with Crippen LogP contribution >= 0.6 is 35.0 Å². The Labute approximate surface area is 225 Å². The maximum atomic E-state index is 13.2. The number of sulfonamides is 1. The first-order valence-corrected chi connectivity index (χ1v) is 15.2. The Balaban J connectivity index is 1.26. The minimum Gasteiger partial charge on any atom is -0.489 e. The van der Waals surface area contributed by atoms with E-state index in [1.54, 1.807) is 24.3 Å². The number of nitrogens with one attached hydrogen (secondary N) is 2. The van der Waals surface area contributed by atoms with Crippen molar-refractivity contribution in [3.63, 3.8) is 0 Å². The van der Waals surface area contributed by atoms with Crippen LogP contribution in [0.1, 0.15) is 29.5 Å². The summed E-state index contributed by atoms with van der Waals surface area (Å²) in [5, 5.41) is 4.36. The predicted molar refractivity (Wildman–Crippen MR) is 148 cm³/mol. The van der Waals surface area contributed by atoms with Crippen molar-refractivity contribution in [2.45, 2.75) is 29.4 Å². The summed E-state index contributed by atoms with van der Waals surface area (Å²) >= 11 is 14.0. The zero-order valence-electron chi connectivity index (χ0n) is 19.2. The quantitative estimate of drug-likeness (QED) is 0.315. The molecule has 0 amide bonds. The van der Waals surface area contributed by atoms with Gasteiger partial charge in [-0.2, -0.15) is 11.8 Å². The van der Waals surface area contributed by atoms with E-state index in [1.807, 2.05) is 17.8 Å². The minimum atomic E-state index is -3.83. The van der Waals surface area contributed by atoms with Crippen molar-refractivity contribution in [2.75, 3.05) is 21.5 Å². The second-order valence-corrected chi connectivity index (χ2v) is 12.9. The lowest BCUT2D eigenvalue weighted by Gasteiger charge is -2.38. The fraction of sp³-hybridized carbons (Fsp3) is 0.259. The predicted octanol–water partition coefficient (Wildman–Crippen LogP) is 7.11. The van der Waals surface area contributed by atoms with Gasteiger partial charge >= 0.3 is 0 Å². The third-order valence-electron chi connectivity index (χ3n) is 6.97. The lowest BCUT2D eigenvalue weighted by molar-refractivity contribution is 0.240. The molecule has 6 rings (SSSR count). The standard InChI is InChI=1S/C27H24Cl2N2O3S2/c28-17-6-10-26(24(29)12-17)31-36(32,33)20-9-11-25-23(13-20)21-2-1-3-22(21)27(30-25)16-4-7-18(8-5-16)34-19-14-35-15-19/h1-2,4-13,19,21-22,27,30-31H,3,14-15H2/t21-,22+,27+/m0/s1. The molecule has 3 aromatic carbocycles. The first-order valence-electron chi connectivity index (χ1n) is 11.8. The molecule has 3 atom stereocenters. The Morgan fingerprint density at radius 3 is 2.53 bits per heavy atom. The number of ether oxygens (including phenoxy) is 1. The van der Waals surface area contributed by atoms with E-state index in [-0.39, 0.29) is 21.9 Å². The van der Waals surface area contributed by atoms with Crippen molar-refractivity contribution in [3.05, 3.63) is 94.0 Å². The van der Waals surface area contributed by atoms with Crippen LogP contribution in [-0.2, 0) is 10.0 Å². The monoisotopic (exact) mass is 558 g/mol. The Morgan fingerprint density at radius 2 is 1.81 bits per heavy atom. The third-order valence-corrected chi connectivity index (χ3v) is 10.1. The van der Waals surface area contributed by atoms with Crippen LogP contribution in [0.3, 0.4) is 0 Å². The summed E-state index contributed by atoms with van der Waals surface area (Å²) < 4.78 is 35.0. The minimum absolute atomic E-state index is 0.124. The Kier molecular flexibility index (Phi) is 6.36. The Morgan fingerprint density at radius 1 is 1.00 bits per heavy atom. The van der Waals surface area contributed by atoms with E-state index in [1.165, 1.54) is 11.6 Å². The van der Waals surface area contributed by atoms with Gasteiger partial charge in [0.2, 0.25) is 0 Å². The second kappa shape index (κ2) is 9.53. The van der Waals surface area contributed by atoms with Crippen LogP contribution in [-0.4, -0.2) is 26.0 Å². The molecular weight excluding hydrogens is 535 g/mol. The van der Waals surface area contributed by atoms with Gasteiger partial charge in [-0.25, -0.2) is 8.42 Å². The molecule has 1 aliphatic carbocycles. The van der Waals surface area contributed by atoms with Gasteiger partial charge in [0.1, 0.15) is 11.9 Å². The zero-order valence-corrected chi connectivity index (χ0v) is 22.3. The number of benzene rings is 3. The average molecular weight is 560 g/mol. The van der Waals surface area contributed by atoms with E-state index in [2.05, 4.69) is 46.5 Å². The van der Waals surface area contributed by atoms with E-state index in [4.69, 9.17) is 27.9 Å². The van der Waals surface area contributed by atoms with Gasteiger partial charge in [0, 0.05) is 28.1 Å². The van der Waals surface area contributed by atoms with E-state index < -0.39 is 10.0 Å². The number of fused-ring (bicyclic) bond motifs is 3. The fourth-order valence-corrected chi connectivity index (χ4v) is 7.26. The summed E-state index contributed by atoms with van der Waals surface area (Å²) in [6.07, 6.45) is 5.63. The molecule has 3 aromatic rings. The second-order valence-electron chi connectivity index (χ2n) is 9.30. The highest BCUT2D eigenvalue weighted by Crippen LogP contribution is 2.50. The normalized spacial score (nSPS) is 22.8. The molecule has 0 spiro atoms. The van der Waals surface area contributed by atoms with Gasteiger partial charge in [-0.1, -0.05) is 47.5 Å². The van der Waals surface area contributed by atoms with E-state index in [0.29, 0.717) is 22.7 Å². The number of thioether (sulfide) groups is 1. The van der Waals surface area contributed by atoms with Gasteiger partial charge in [-0.15, -0.1) is 0 Å². The van der Waals surface area contributed by atoms with Gasteiger partial charge < -0.3 is 10.1 Å². The highest BCUT2D eigenvalue weighted by atomic mass is 35.5. The van der Waals surface area contributed by atoms with Crippen molar-refractivity contribution in [3.8, 4) is 5.75 Å². The molecular formula is C27H24Cl2N2O3S2. The molecule has 0 saturated carbocycles. The van der Waals surface area contributed by atoms with Gasteiger partial charge in [0.05, 0.1) is 21.6 Å². The molecule has 1 saturated heterocycles. The van der Waals surface area contributed by atoms with Crippen LogP contribution in [0.25, 0.3) is 0 Å². The number of anilines is 2. The van der Waals surface area contributed by atoms with Crippen molar-refractivity contribution >= 4 is 56.4 Å². The van der Waals surface area contributed by atoms with Crippen molar-refractivity contribution in [2.24, 2.45) is 5.92 Å². The molecule has 9 heteroatoms. The maximum Gasteiger partial charge on any atom is 0.261 e. The van der Waals surface area contributed by atoms with Gasteiger partial charge in [0.15, 0.2) is 0 Å². The largest absolute Gasteiger partial charge is 0.489 e. The SMILES string of the molecule is O=S(=O)(Nc1ccc(Cl)cc1Cl)c1ccc2c(c1)[C@H]1C=CC[C@H]1[C@@H](c1ccc(OC3CSC3)cc1)N2. The van der Waals surface area contributed by atoms with E-state index in [9.17, 15) is 8.42 Å². The van der Waals surface area contributed by atoms with E-state index in [0.717, 1.165) is 34.9 Å². The van der Waals surface area contributed by atoms with Crippen LogP contribution < -0.4 is 14.8 Å². The van der Waals surface area contributed by atoms with Gasteiger partial charge in [-0.3, -0.25) is 4.72 Å². The molecule has 0 radical (unpaired) electrons. The van der Waals surface area contributed by atoms with Crippen LogP contribution in [0.4, 0.5) is 11.4 Å². The van der Waals surface area contributed by atoms with Crippen molar-refractivity contribution in [1.29, 1.82) is 0 Å². The van der Waals surface area contributed by atoms with Crippen LogP contribution in [0.5, 0.6) is 5.75 Å². The number of hydrogen-bond donors (Lipinski definition) is 2. The lowest BCUT2D eigenvalue weighted by Crippen LogP contribution is -2.31. The summed E-state index contributed by atoms with van der Waals surface area (Å²) in [6.45, 7) is 0. The zero-order chi connectivity index (χ0) is 24.9. The number of allylic oxidation sites excluding steroid dienone is 2. The number of hydrogen-bond acceptors (Lipinski definition) is 5. The summed E-state index contributed by atoms with van der Waals surface area (Å²) in [6, 6.07) is 18.4. The molecule has 5 nitrogen and oxygen atoms in total. The molecule has 0 bridgehead atoms. The highest BCUT2D eigenvalue weighted by molar-refractivity contribution is 8.00. The highest BCUT2D eigenvalue weighted by Gasteiger charge is 2.38. The smallest absolute Gasteiger partial charge is 0.261 e. The average Bonchev–Trinajstić information content (AvgIpc) is 3.33. The van der Waals surface area contributed by atoms with Crippen molar-refractivity contribution < 1.29 is 13.2 Å². The summed E-state index contributed by atoms with van der Waals surface area (Å²) in [5.74, 6) is 3.44. The van der Waals surface area contributed by atoms with Crippen LogP contribution in [0, 0.1) is 5.92 Å². The molecule has 3 aliphatic rings. The van der Waals surface area contributed by atoms with E-state index >= 15 is 0 Å². The molecule has 2 aliphatic heterocycles. The molecule has 0 unspecified atom stereocenters.